The van der Waals surface area contributed by atoms with Crippen molar-refractivity contribution in [3.8, 4) is 17.0 Å². The van der Waals surface area contributed by atoms with E-state index in [-0.39, 0.29) is 18.4 Å². The number of amides is 2. The average molecular weight is 378 g/mol. The molecule has 0 aliphatic heterocycles. The monoisotopic (exact) mass is 378 g/mol. The zero-order chi connectivity index (χ0) is 19.8. The van der Waals surface area contributed by atoms with Gasteiger partial charge in [-0.25, -0.2) is 0 Å². The number of hydrogen-bond donors (Lipinski definition) is 3. The Balaban J connectivity index is 1.47. The van der Waals surface area contributed by atoms with Gasteiger partial charge in [0.15, 0.2) is 0 Å². The van der Waals surface area contributed by atoms with Crippen molar-refractivity contribution in [3.05, 3.63) is 71.9 Å². The molecule has 7 heteroatoms. The zero-order valence-electron chi connectivity index (χ0n) is 15.6. The highest BCUT2D eigenvalue weighted by Gasteiger charge is 2.12. The molecule has 0 aliphatic rings. The predicted octanol–water partition coefficient (Wildman–Crippen LogP) is 2.52. The highest BCUT2D eigenvalue weighted by molar-refractivity contribution is 5.98. The minimum atomic E-state index is -0.344. The summed E-state index contributed by atoms with van der Waals surface area (Å²) in [6, 6.07) is 16.6. The maximum Gasteiger partial charge on any atom is 0.255 e. The topological polar surface area (TPSA) is 96.1 Å². The first-order valence-corrected chi connectivity index (χ1v) is 9.02. The van der Waals surface area contributed by atoms with Crippen LogP contribution in [0.5, 0.6) is 5.75 Å². The standard InChI is InChI=1S/C21H22N4O3/c1-2-28-19-6-4-3-5-17(19)21(27)23-14-20(26)22-13-15-7-9-16(10-8-15)18-11-12-24-25-18/h3-12H,2,13-14H2,1H3,(H,22,26)(H,23,27)(H,24,25). The molecule has 144 valence electrons. The summed E-state index contributed by atoms with van der Waals surface area (Å²) in [5.74, 6) is -0.108. The third-order valence-electron chi connectivity index (χ3n) is 4.10. The number of carbonyl (C=O) groups is 2. The fraction of sp³-hybridized carbons (Fsp3) is 0.190. The molecule has 0 saturated carbocycles. The van der Waals surface area contributed by atoms with Crippen molar-refractivity contribution in [2.45, 2.75) is 13.5 Å². The molecule has 1 aromatic heterocycles. The molecule has 0 spiro atoms. The van der Waals surface area contributed by atoms with Gasteiger partial charge in [-0.05, 0) is 36.2 Å². The average Bonchev–Trinajstić information content (AvgIpc) is 3.26. The van der Waals surface area contributed by atoms with Crippen LogP contribution in [0.15, 0.2) is 60.8 Å². The minimum Gasteiger partial charge on any atom is -0.493 e. The molecule has 3 rings (SSSR count). The second kappa shape index (κ2) is 9.36. The van der Waals surface area contributed by atoms with Crippen LogP contribution in [-0.4, -0.2) is 35.2 Å². The summed E-state index contributed by atoms with van der Waals surface area (Å²) < 4.78 is 5.44. The Hall–Kier alpha value is -3.61. The number of para-hydroxylation sites is 1. The van der Waals surface area contributed by atoms with Gasteiger partial charge in [0, 0.05) is 12.7 Å². The Labute approximate surface area is 163 Å². The summed E-state index contributed by atoms with van der Waals surface area (Å²) in [7, 11) is 0. The summed E-state index contributed by atoms with van der Waals surface area (Å²) in [6.07, 6.45) is 1.70. The number of hydrogen-bond acceptors (Lipinski definition) is 4. The van der Waals surface area contributed by atoms with Crippen LogP contribution in [0.2, 0.25) is 0 Å². The fourth-order valence-corrected chi connectivity index (χ4v) is 2.67. The number of nitrogens with one attached hydrogen (secondary N) is 3. The molecule has 0 atom stereocenters. The van der Waals surface area contributed by atoms with Crippen molar-refractivity contribution < 1.29 is 14.3 Å². The predicted molar refractivity (Wildman–Crippen MR) is 106 cm³/mol. The molecule has 0 saturated heterocycles. The number of benzene rings is 2. The van der Waals surface area contributed by atoms with E-state index in [0.29, 0.717) is 24.5 Å². The molecule has 0 radical (unpaired) electrons. The highest BCUT2D eigenvalue weighted by atomic mass is 16.5. The van der Waals surface area contributed by atoms with E-state index in [2.05, 4.69) is 20.8 Å². The van der Waals surface area contributed by atoms with Crippen molar-refractivity contribution in [2.75, 3.05) is 13.2 Å². The van der Waals surface area contributed by atoms with Crippen molar-refractivity contribution in [1.29, 1.82) is 0 Å². The third kappa shape index (κ3) is 4.97. The van der Waals surface area contributed by atoms with E-state index < -0.39 is 0 Å². The van der Waals surface area contributed by atoms with Crippen molar-refractivity contribution in [3.63, 3.8) is 0 Å². The molecule has 1 heterocycles. The van der Waals surface area contributed by atoms with Crippen LogP contribution in [0.25, 0.3) is 11.3 Å². The number of aromatic nitrogens is 2. The van der Waals surface area contributed by atoms with Crippen LogP contribution in [0.3, 0.4) is 0 Å². The van der Waals surface area contributed by atoms with Gasteiger partial charge >= 0.3 is 0 Å². The van der Waals surface area contributed by atoms with Crippen LogP contribution in [0, 0.1) is 0 Å². The lowest BCUT2D eigenvalue weighted by atomic mass is 10.1. The lowest BCUT2D eigenvalue weighted by Crippen LogP contribution is -2.36. The Morgan fingerprint density at radius 2 is 1.82 bits per heavy atom. The first-order valence-electron chi connectivity index (χ1n) is 9.02. The summed E-state index contributed by atoms with van der Waals surface area (Å²) in [5.41, 5.74) is 3.33. The van der Waals surface area contributed by atoms with E-state index in [1.54, 1.807) is 30.5 Å². The number of aromatic amines is 1. The molecule has 0 fully saturated rings. The summed E-state index contributed by atoms with van der Waals surface area (Å²) in [5, 5.41) is 12.2. The quantitative estimate of drug-likeness (QED) is 0.561. The largest absolute Gasteiger partial charge is 0.493 e. The van der Waals surface area contributed by atoms with E-state index in [9.17, 15) is 9.59 Å². The van der Waals surface area contributed by atoms with Crippen LogP contribution in [0.4, 0.5) is 0 Å². The summed E-state index contributed by atoms with van der Waals surface area (Å²) in [6.45, 7) is 2.59. The molecule has 3 aromatic rings. The van der Waals surface area contributed by atoms with E-state index in [1.807, 2.05) is 37.3 Å². The van der Waals surface area contributed by atoms with E-state index >= 15 is 0 Å². The van der Waals surface area contributed by atoms with Gasteiger partial charge in [0.1, 0.15) is 5.75 Å². The normalized spacial score (nSPS) is 10.3. The van der Waals surface area contributed by atoms with Crippen LogP contribution < -0.4 is 15.4 Å². The number of H-pyrrole nitrogens is 1. The lowest BCUT2D eigenvalue weighted by Gasteiger charge is -2.11. The Kier molecular flexibility index (Phi) is 6.41. The molecular weight excluding hydrogens is 356 g/mol. The minimum absolute atomic E-state index is 0.106. The Bertz CT molecular complexity index is 921. The Morgan fingerprint density at radius 3 is 2.54 bits per heavy atom. The molecule has 7 nitrogen and oxygen atoms in total. The third-order valence-corrected chi connectivity index (χ3v) is 4.10. The van der Waals surface area contributed by atoms with Crippen LogP contribution in [0.1, 0.15) is 22.8 Å². The smallest absolute Gasteiger partial charge is 0.255 e. The van der Waals surface area contributed by atoms with E-state index in [1.165, 1.54) is 0 Å². The number of rotatable bonds is 8. The molecule has 0 aliphatic carbocycles. The lowest BCUT2D eigenvalue weighted by molar-refractivity contribution is -0.120. The molecule has 28 heavy (non-hydrogen) atoms. The van der Waals surface area contributed by atoms with E-state index in [4.69, 9.17) is 4.74 Å². The van der Waals surface area contributed by atoms with Gasteiger partial charge in [-0.3, -0.25) is 14.7 Å². The van der Waals surface area contributed by atoms with Crippen LogP contribution in [-0.2, 0) is 11.3 Å². The second-order valence-electron chi connectivity index (χ2n) is 6.06. The molecule has 0 bridgehead atoms. The van der Waals surface area contributed by atoms with Gasteiger partial charge < -0.3 is 15.4 Å². The summed E-state index contributed by atoms with van der Waals surface area (Å²) >= 11 is 0. The maximum atomic E-state index is 12.3. The van der Waals surface area contributed by atoms with Crippen molar-refractivity contribution in [2.24, 2.45) is 0 Å². The second-order valence-corrected chi connectivity index (χ2v) is 6.06. The van der Waals surface area contributed by atoms with Gasteiger partial charge in [0.05, 0.1) is 24.4 Å². The molecule has 3 N–H and O–H groups in total. The SMILES string of the molecule is CCOc1ccccc1C(=O)NCC(=O)NCc1ccc(-c2ccn[nH]2)cc1. The molecule has 0 unspecified atom stereocenters. The van der Waals surface area contributed by atoms with Gasteiger partial charge in [-0.15, -0.1) is 0 Å². The molecule has 2 aromatic carbocycles. The Morgan fingerprint density at radius 1 is 1.04 bits per heavy atom. The first kappa shape index (κ1) is 19.2. The number of nitrogens with zero attached hydrogens (tertiary/aromatic N) is 1. The van der Waals surface area contributed by atoms with Crippen molar-refractivity contribution in [1.82, 2.24) is 20.8 Å². The molecule has 2 amide bonds. The van der Waals surface area contributed by atoms with Gasteiger partial charge in [-0.1, -0.05) is 36.4 Å². The number of carbonyl (C=O) groups excluding carboxylic acids is 2. The van der Waals surface area contributed by atoms with Gasteiger partial charge in [0.2, 0.25) is 5.91 Å². The molecular formula is C21H22N4O3. The first-order chi connectivity index (χ1) is 13.7. The highest BCUT2D eigenvalue weighted by Crippen LogP contribution is 2.18. The van der Waals surface area contributed by atoms with Gasteiger partial charge in [0.25, 0.3) is 5.91 Å². The van der Waals surface area contributed by atoms with E-state index in [0.717, 1.165) is 16.8 Å². The van der Waals surface area contributed by atoms with Crippen molar-refractivity contribution >= 4 is 11.8 Å². The van der Waals surface area contributed by atoms with Crippen LogP contribution >= 0.6 is 0 Å². The number of ether oxygens (including phenoxy) is 1. The van der Waals surface area contributed by atoms with Gasteiger partial charge in [-0.2, -0.15) is 5.10 Å². The maximum absolute atomic E-state index is 12.3. The zero-order valence-corrected chi connectivity index (χ0v) is 15.6. The summed E-state index contributed by atoms with van der Waals surface area (Å²) in [4.78, 5) is 24.3. The fourth-order valence-electron chi connectivity index (χ4n) is 2.67.